The third kappa shape index (κ3) is 5.17. The van der Waals surface area contributed by atoms with Crippen molar-refractivity contribution < 1.29 is 18.6 Å². The summed E-state index contributed by atoms with van der Waals surface area (Å²) in [5.41, 5.74) is 3.07. The highest BCUT2D eigenvalue weighted by Crippen LogP contribution is 2.41. The Morgan fingerprint density at radius 2 is 1.85 bits per heavy atom. The number of rotatable bonds is 9. The lowest BCUT2D eigenvalue weighted by Gasteiger charge is -2.17. The Kier molecular flexibility index (Phi) is 7.26. The van der Waals surface area contributed by atoms with Crippen molar-refractivity contribution >= 4 is 11.6 Å². The highest BCUT2D eigenvalue weighted by Gasteiger charge is 2.20. The van der Waals surface area contributed by atoms with Crippen molar-refractivity contribution in [3.8, 4) is 40.1 Å². The van der Waals surface area contributed by atoms with E-state index in [0.717, 1.165) is 5.56 Å². The van der Waals surface area contributed by atoms with Crippen molar-refractivity contribution in [1.82, 2.24) is 4.98 Å². The molecule has 0 amide bonds. The van der Waals surface area contributed by atoms with Crippen molar-refractivity contribution in [2.75, 3.05) is 20.3 Å². The summed E-state index contributed by atoms with van der Waals surface area (Å²) in [4.78, 5) is 4.32. The summed E-state index contributed by atoms with van der Waals surface area (Å²) in [6.07, 6.45) is 1.55. The van der Waals surface area contributed by atoms with E-state index in [-0.39, 0.29) is 10.7 Å². The number of aromatic nitrogens is 1. The van der Waals surface area contributed by atoms with Crippen LogP contribution in [-0.4, -0.2) is 25.3 Å². The normalized spacial score (nSPS) is 10.6. The molecule has 0 aliphatic rings. The molecular weight excluding hydrogens is 440 g/mol. The molecule has 0 radical (unpaired) electrons. The van der Waals surface area contributed by atoms with Crippen molar-refractivity contribution in [1.29, 1.82) is 5.26 Å². The molecule has 4 aromatic rings. The summed E-state index contributed by atoms with van der Waals surface area (Å²) in [7, 11) is 1.57. The quantitative estimate of drug-likeness (QED) is 0.220. The number of nitriles is 1. The molecule has 2 heterocycles. The van der Waals surface area contributed by atoms with E-state index in [1.165, 1.54) is 0 Å². The van der Waals surface area contributed by atoms with E-state index in [1.54, 1.807) is 37.6 Å². The van der Waals surface area contributed by atoms with Crippen LogP contribution in [0, 0.1) is 11.3 Å². The van der Waals surface area contributed by atoms with E-state index < -0.39 is 0 Å². The molecule has 2 aromatic heterocycles. The molecule has 0 N–H and O–H groups in total. The lowest BCUT2D eigenvalue weighted by atomic mass is 9.99. The van der Waals surface area contributed by atoms with Gasteiger partial charge in [-0.25, -0.2) is 4.98 Å². The second-order valence-electron chi connectivity index (χ2n) is 7.03. The number of pyridine rings is 1. The molecule has 0 saturated carbocycles. The Morgan fingerprint density at radius 3 is 2.58 bits per heavy atom. The number of ether oxygens (including phenoxy) is 3. The predicted octanol–water partition coefficient (Wildman–Crippen LogP) is 6.14. The Morgan fingerprint density at radius 1 is 1.00 bits per heavy atom. The highest BCUT2D eigenvalue weighted by molar-refractivity contribution is 6.31. The van der Waals surface area contributed by atoms with E-state index in [9.17, 15) is 5.26 Å². The molecule has 0 aliphatic carbocycles. The molecule has 33 heavy (non-hydrogen) atoms. The second-order valence-corrected chi connectivity index (χ2v) is 7.39. The zero-order valence-electron chi connectivity index (χ0n) is 18.0. The second kappa shape index (κ2) is 10.7. The fraction of sp³-hybridized carbons (Fsp3) is 0.154. The zero-order chi connectivity index (χ0) is 23.0. The molecule has 0 fully saturated rings. The monoisotopic (exact) mass is 460 g/mol. The maximum absolute atomic E-state index is 9.76. The lowest BCUT2D eigenvalue weighted by Crippen LogP contribution is -2.08. The molecule has 0 unspecified atom stereocenters. The molecule has 0 spiro atoms. The predicted molar refractivity (Wildman–Crippen MR) is 125 cm³/mol. The van der Waals surface area contributed by atoms with E-state index in [1.807, 2.05) is 42.5 Å². The van der Waals surface area contributed by atoms with Gasteiger partial charge in [-0.1, -0.05) is 54.1 Å². The Balaban J connectivity index is 1.61. The summed E-state index contributed by atoms with van der Waals surface area (Å²) >= 11 is 6.36. The molecule has 0 aliphatic heterocycles. The molecule has 7 heteroatoms. The zero-order valence-corrected chi connectivity index (χ0v) is 18.7. The van der Waals surface area contributed by atoms with E-state index >= 15 is 0 Å². The van der Waals surface area contributed by atoms with Gasteiger partial charge in [-0.05, 0) is 29.8 Å². The summed E-state index contributed by atoms with van der Waals surface area (Å²) in [5, 5.41) is 9.85. The number of para-hydroxylation sites is 1. The fourth-order valence-corrected chi connectivity index (χ4v) is 3.62. The van der Waals surface area contributed by atoms with Gasteiger partial charge in [-0.3, -0.25) is 0 Å². The van der Waals surface area contributed by atoms with E-state index in [2.05, 4.69) is 11.1 Å². The van der Waals surface area contributed by atoms with Crippen LogP contribution in [-0.2, 0) is 11.3 Å². The average molecular weight is 461 g/mol. The van der Waals surface area contributed by atoms with Gasteiger partial charge in [0.05, 0.1) is 32.2 Å². The van der Waals surface area contributed by atoms with Crippen LogP contribution in [0.5, 0.6) is 11.5 Å². The van der Waals surface area contributed by atoms with Gasteiger partial charge in [0, 0.05) is 11.1 Å². The Bertz CT molecular complexity index is 1250. The molecule has 2 aromatic carbocycles. The standard InChI is InChI=1S/C26H21ClN2O4/c1-30-24-10-5-9-19(25(24)33-14-13-31-17-18-7-3-2-4-8-18)20-15-22(23-11-6-12-32-23)29-26(27)21(20)16-28/h2-12,15H,13-14,17H2,1H3. The largest absolute Gasteiger partial charge is 0.493 e. The molecule has 166 valence electrons. The number of nitrogens with zero attached hydrogens (tertiary/aromatic N) is 2. The molecule has 6 nitrogen and oxygen atoms in total. The smallest absolute Gasteiger partial charge is 0.169 e. The highest BCUT2D eigenvalue weighted by atomic mass is 35.5. The first-order chi connectivity index (χ1) is 16.2. The van der Waals surface area contributed by atoms with Crippen molar-refractivity contribution in [3.05, 3.63) is 89.3 Å². The van der Waals surface area contributed by atoms with Crippen molar-refractivity contribution in [3.63, 3.8) is 0 Å². The Labute approximate surface area is 196 Å². The van der Waals surface area contributed by atoms with Gasteiger partial charge >= 0.3 is 0 Å². The first-order valence-electron chi connectivity index (χ1n) is 10.3. The minimum absolute atomic E-state index is 0.0846. The van der Waals surface area contributed by atoms with Crippen LogP contribution in [0.2, 0.25) is 5.15 Å². The summed E-state index contributed by atoms with van der Waals surface area (Å²) in [5.74, 6) is 1.57. The van der Waals surface area contributed by atoms with Crippen LogP contribution in [0.25, 0.3) is 22.6 Å². The van der Waals surface area contributed by atoms with Gasteiger partial charge in [-0.15, -0.1) is 0 Å². The van der Waals surface area contributed by atoms with Crippen LogP contribution in [0.4, 0.5) is 0 Å². The molecule has 4 rings (SSSR count). The molecule has 0 bridgehead atoms. The van der Waals surface area contributed by atoms with E-state index in [0.29, 0.717) is 53.9 Å². The summed E-state index contributed by atoms with van der Waals surface area (Å²) in [6.45, 7) is 1.17. The molecular formula is C26H21ClN2O4. The average Bonchev–Trinajstić information content (AvgIpc) is 3.39. The lowest BCUT2D eigenvalue weighted by molar-refractivity contribution is 0.0881. The number of halogens is 1. The van der Waals surface area contributed by atoms with Crippen LogP contribution in [0.3, 0.4) is 0 Å². The van der Waals surface area contributed by atoms with Crippen LogP contribution >= 0.6 is 11.6 Å². The Hall–Kier alpha value is -3.79. The van der Waals surface area contributed by atoms with Gasteiger partial charge in [0.15, 0.2) is 17.3 Å². The van der Waals surface area contributed by atoms with Gasteiger partial charge in [0.1, 0.15) is 23.5 Å². The van der Waals surface area contributed by atoms with Gasteiger partial charge in [0.25, 0.3) is 0 Å². The molecule has 0 atom stereocenters. The number of hydrogen-bond donors (Lipinski definition) is 0. The van der Waals surface area contributed by atoms with Crippen molar-refractivity contribution in [2.24, 2.45) is 0 Å². The third-order valence-corrected chi connectivity index (χ3v) is 5.21. The van der Waals surface area contributed by atoms with Gasteiger partial charge in [-0.2, -0.15) is 5.26 Å². The SMILES string of the molecule is COc1cccc(-c2cc(-c3ccco3)nc(Cl)c2C#N)c1OCCOCc1ccccc1. The number of hydrogen-bond acceptors (Lipinski definition) is 6. The molecule has 0 saturated heterocycles. The minimum Gasteiger partial charge on any atom is -0.493 e. The summed E-state index contributed by atoms with van der Waals surface area (Å²) in [6, 6.07) is 22.8. The first kappa shape index (κ1) is 22.4. The summed E-state index contributed by atoms with van der Waals surface area (Å²) < 4.78 is 22.8. The van der Waals surface area contributed by atoms with Gasteiger partial charge < -0.3 is 18.6 Å². The maximum atomic E-state index is 9.76. The number of methoxy groups -OCH3 is 1. The first-order valence-corrected chi connectivity index (χ1v) is 10.7. The van der Waals surface area contributed by atoms with Crippen LogP contribution in [0.15, 0.2) is 77.4 Å². The van der Waals surface area contributed by atoms with E-state index in [4.69, 9.17) is 30.2 Å². The minimum atomic E-state index is 0.0846. The maximum Gasteiger partial charge on any atom is 0.169 e. The van der Waals surface area contributed by atoms with Crippen LogP contribution < -0.4 is 9.47 Å². The third-order valence-electron chi connectivity index (χ3n) is 4.94. The topological polar surface area (TPSA) is 77.5 Å². The van der Waals surface area contributed by atoms with Crippen LogP contribution in [0.1, 0.15) is 11.1 Å². The fourth-order valence-electron chi connectivity index (χ4n) is 3.39. The van der Waals surface area contributed by atoms with Gasteiger partial charge in [0.2, 0.25) is 0 Å². The number of furan rings is 1. The number of benzene rings is 2. The van der Waals surface area contributed by atoms with Crippen molar-refractivity contribution in [2.45, 2.75) is 6.61 Å².